The minimum atomic E-state index is -3.68. The van der Waals surface area contributed by atoms with Crippen molar-refractivity contribution in [3.8, 4) is 0 Å². The summed E-state index contributed by atoms with van der Waals surface area (Å²) in [6.07, 6.45) is 1.50. The molecule has 0 aromatic heterocycles. The maximum absolute atomic E-state index is 12.5. The Labute approximate surface area is 197 Å². The van der Waals surface area contributed by atoms with E-state index in [2.05, 4.69) is 5.32 Å². The van der Waals surface area contributed by atoms with Gasteiger partial charge in [0.15, 0.2) is 6.61 Å². The molecule has 11 heteroatoms. The SMILES string of the molecule is CCCCN1C(=O)c2ccc(C(=O)OCC(=O)Nc3cccc(S(=O)(=O)N(C)C)c3)cc2C1=O. The van der Waals surface area contributed by atoms with Crippen molar-refractivity contribution in [1.82, 2.24) is 9.21 Å². The molecule has 2 aromatic carbocycles. The largest absolute Gasteiger partial charge is 0.452 e. The molecule has 3 amide bonds. The first-order valence-electron chi connectivity index (χ1n) is 10.6. The number of anilines is 1. The second-order valence-electron chi connectivity index (χ2n) is 7.82. The summed E-state index contributed by atoms with van der Waals surface area (Å²) in [5.74, 6) is -2.38. The first-order chi connectivity index (χ1) is 16.1. The summed E-state index contributed by atoms with van der Waals surface area (Å²) in [4.78, 5) is 50.7. The maximum atomic E-state index is 12.5. The summed E-state index contributed by atoms with van der Waals surface area (Å²) in [6, 6.07) is 9.72. The van der Waals surface area contributed by atoms with Crippen LogP contribution in [0.3, 0.4) is 0 Å². The Bertz CT molecular complexity index is 1250. The molecule has 0 bridgehead atoms. The van der Waals surface area contributed by atoms with Gasteiger partial charge in [-0.15, -0.1) is 0 Å². The summed E-state index contributed by atoms with van der Waals surface area (Å²) in [6.45, 7) is 1.63. The quantitative estimate of drug-likeness (QED) is 0.424. The Balaban J connectivity index is 1.63. The van der Waals surface area contributed by atoms with Crippen molar-refractivity contribution in [2.75, 3.05) is 32.6 Å². The first-order valence-corrected chi connectivity index (χ1v) is 12.0. The number of unbranched alkanes of at least 4 members (excludes halogenated alkanes) is 1. The number of sulfonamides is 1. The monoisotopic (exact) mass is 487 g/mol. The zero-order valence-corrected chi connectivity index (χ0v) is 19.8. The molecule has 3 rings (SSSR count). The highest BCUT2D eigenvalue weighted by Gasteiger charge is 2.35. The zero-order valence-electron chi connectivity index (χ0n) is 19.0. The van der Waals surface area contributed by atoms with Crippen molar-refractivity contribution in [1.29, 1.82) is 0 Å². The van der Waals surface area contributed by atoms with Gasteiger partial charge in [-0.25, -0.2) is 17.5 Å². The molecule has 1 N–H and O–H groups in total. The Morgan fingerprint density at radius 3 is 2.41 bits per heavy atom. The minimum absolute atomic E-state index is 0.00219. The third kappa shape index (κ3) is 5.15. The summed E-state index contributed by atoms with van der Waals surface area (Å²) in [5, 5.41) is 2.48. The molecule has 0 aliphatic carbocycles. The number of esters is 1. The Morgan fingerprint density at radius 1 is 1.03 bits per heavy atom. The van der Waals surface area contributed by atoms with E-state index in [1.165, 1.54) is 56.6 Å². The molecule has 0 unspecified atom stereocenters. The van der Waals surface area contributed by atoms with Crippen LogP contribution in [0, 0.1) is 0 Å². The molecule has 180 valence electrons. The predicted octanol–water partition coefficient (Wildman–Crippen LogP) is 2.13. The number of nitrogens with zero attached hydrogens (tertiary/aromatic N) is 2. The van der Waals surface area contributed by atoms with Crippen LogP contribution in [0.5, 0.6) is 0 Å². The van der Waals surface area contributed by atoms with Crippen LogP contribution in [0.25, 0.3) is 0 Å². The van der Waals surface area contributed by atoms with Crippen LogP contribution in [0.4, 0.5) is 5.69 Å². The average molecular weight is 488 g/mol. The molecule has 0 saturated heterocycles. The molecule has 0 radical (unpaired) electrons. The van der Waals surface area contributed by atoms with Crippen LogP contribution in [-0.4, -0.2) is 68.6 Å². The van der Waals surface area contributed by atoms with E-state index in [0.717, 1.165) is 15.6 Å². The highest BCUT2D eigenvalue weighted by molar-refractivity contribution is 7.89. The van der Waals surface area contributed by atoms with Crippen LogP contribution < -0.4 is 5.32 Å². The average Bonchev–Trinajstić information content (AvgIpc) is 3.05. The standard InChI is InChI=1S/C23H25N3O7S/c1-4-5-11-26-21(28)18-10-9-15(12-19(18)22(26)29)23(30)33-14-20(27)24-16-7-6-8-17(13-16)34(31,32)25(2)3/h6-10,12-13H,4-5,11,14H2,1-3H3,(H,24,27). The summed E-state index contributed by atoms with van der Waals surface area (Å²) in [5.41, 5.74) is 0.601. The molecule has 1 aliphatic heterocycles. The van der Waals surface area contributed by atoms with Crippen LogP contribution in [0.1, 0.15) is 50.8 Å². The summed E-state index contributed by atoms with van der Waals surface area (Å²) in [7, 11) is -0.890. The van der Waals surface area contributed by atoms with Gasteiger partial charge in [0.2, 0.25) is 10.0 Å². The van der Waals surface area contributed by atoms with Crippen LogP contribution in [0.15, 0.2) is 47.4 Å². The number of rotatable bonds is 9. The number of hydrogen-bond donors (Lipinski definition) is 1. The lowest BCUT2D eigenvalue weighted by atomic mass is 10.1. The number of benzene rings is 2. The maximum Gasteiger partial charge on any atom is 0.338 e. The fourth-order valence-electron chi connectivity index (χ4n) is 3.29. The Hall–Kier alpha value is -3.57. The first kappa shape index (κ1) is 25.1. The molecule has 0 atom stereocenters. The lowest BCUT2D eigenvalue weighted by Crippen LogP contribution is -2.30. The van der Waals surface area contributed by atoms with Crippen molar-refractivity contribution in [2.24, 2.45) is 0 Å². The van der Waals surface area contributed by atoms with Crippen LogP contribution in [0.2, 0.25) is 0 Å². The van der Waals surface area contributed by atoms with Crippen LogP contribution >= 0.6 is 0 Å². The molecule has 0 spiro atoms. The van der Waals surface area contributed by atoms with Crippen molar-refractivity contribution in [3.63, 3.8) is 0 Å². The smallest absolute Gasteiger partial charge is 0.338 e. The van der Waals surface area contributed by atoms with Gasteiger partial charge in [0.1, 0.15) is 0 Å². The normalized spacial score (nSPS) is 13.2. The topological polar surface area (TPSA) is 130 Å². The fourth-order valence-corrected chi connectivity index (χ4v) is 4.24. The minimum Gasteiger partial charge on any atom is -0.452 e. The molecular weight excluding hydrogens is 462 g/mol. The van der Waals surface area contributed by atoms with Gasteiger partial charge < -0.3 is 10.1 Å². The third-order valence-corrected chi connectivity index (χ3v) is 6.98. The molecule has 34 heavy (non-hydrogen) atoms. The lowest BCUT2D eigenvalue weighted by molar-refractivity contribution is -0.119. The summed E-state index contributed by atoms with van der Waals surface area (Å²) >= 11 is 0. The van der Waals surface area contributed by atoms with Gasteiger partial charge >= 0.3 is 5.97 Å². The van der Waals surface area contributed by atoms with Crippen LogP contribution in [-0.2, 0) is 19.6 Å². The van der Waals surface area contributed by atoms with Gasteiger partial charge in [0.25, 0.3) is 17.7 Å². The second-order valence-corrected chi connectivity index (χ2v) is 9.97. The molecular formula is C23H25N3O7S. The van der Waals surface area contributed by atoms with E-state index in [0.29, 0.717) is 13.0 Å². The molecule has 0 saturated carbocycles. The number of ether oxygens (including phenoxy) is 1. The zero-order chi connectivity index (χ0) is 25.0. The fraction of sp³-hybridized carbons (Fsp3) is 0.304. The Kier molecular flexibility index (Phi) is 7.48. The van der Waals surface area contributed by atoms with Gasteiger partial charge in [-0.2, -0.15) is 0 Å². The number of fused-ring (bicyclic) bond motifs is 1. The van der Waals surface area contributed by atoms with Crippen molar-refractivity contribution < 1.29 is 32.3 Å². The lowest BCUT2D eigenvalue weighted by Gasteiger charge is -2.13. The molecule has 2 aromatic rings. The number of carbonyl (C=O) groups excluding carboxylic acids is 4. The summed E-state index contributed by atoms with van der Waals surface area (Å²) < 4.78 is 30.5. The molecule has 10 nitrogen and oxygen atoms in total. The number of nitrogens with one attached hydrogen (secondary N) is 1. The van der Waals surface area contributed by atoms with E-state index in [4.69, 9.17) is 4.74 Å². The van der Waals surface area contributed by atoms with Gasteiger partial charge in [-0.3, -0.25) is 19.3 Å². The van der Waals surface area contributed by atoms with E-state index < -0.39 is 40.3 Å². The number of imide groups is 1. The van der Waals surface area contributed by atoms with Gasteiger partial charge in [0, 0.05) is 26.3 Å². The van der Waals surface area contributed by atoms with E-state index in [9.17, 15) is 27.6 Å². The predicted molar refractivity (Wildman–Crippen MR) is 123 cm³/mol. The van der Waals surface area contributed by atoms with Gasteiger partial charge in [-0.1, -0.05) is 19.4 Å². The number of hydrogen-bond acceptors (Lipinski definition) is 7. The van der Waals surface area contributed by atoms with E-state index in [-0.39, 0.29) is 27.3 Å². The highest BCUT2D eigenvalue weighted by Crippen LogP contribution is 2.25. The van der Waals surface area contributed by atoms with E-state index in [1.807, 2.05) is 6.92 Å². The molecule has 1 aliphatic rings. The molecule has 1 heterocycles. The molecule has 0 fully saturated rings. The third-order valence-electron chi connectivity index (χ3n) is 5.17. The Morgan fingerprint density at radius 2 is 1.74 bits per heavy atom. The number of amides is 3. The highest BCUT2D eigenvalue weighted by atomic mass is 32.2. The van der Waals surface area contributed by atoms with E-state index >= 15 is 0 Å². The second kappa shape index (κ2) is 10.1. The van der Waals surface area contributed by atoms with Crippen molar-refractivity contribution >= 4 is 39.4 Å². The van der Waals surface area contributed by atoms with E-state index in [1.54, 1.807) is 0 Å². The van der Waals surface area contributed by atoms with Gasteiger partial charge in [-0.05, 0) is 42.8 Å². The van der Waals surface area contributed by atoms with Crippen molar-refractivity contribution in [2.45, 2.75) is 24.7 Å². The van der Waals surface area contributed by atoms with Gasteiger partial charge in [0.05, 0.1) is 21.6 Å². The number of carbonyl (C=O) groups is 4. The van der Waals surface area contributed by atoms with Crippen molar-refractivity contribution in [3.05, 3.63) is 59.2 Å².